The van der Waals surface area contributed by atoms with Crippen LogP contribution in [-0.2, 0) is 0 Å². The monoisotopic (exact) mass is 214 g/mol. The van der Waals surface area contributed by atoms with Crippen LogP contribution < -0.4 is 10.6 Å². The molecule has 1 aromatic rings. The Hall–Kier alpha value is -1.07. The molecule has 0 bridgehead atoms. The van der Waals surface area contributed by atoms with Crippen molar-refractivity contribution in [3.63, 3.8) is 0 Å². The minimum atomic E-state index is -0.222. The first-order chi connectivity index (χ1) is 6.72. The molecule has 0 spiro atoms. The van der Waals surface area contributed by atoms with Crippen LogP contribution in [-0.4, -0.2) is 24.3 Å². The quantitative estimate of drug-likeness (QED) is 0.666. The number of carbonyl (C=O) groups is 1. The van der Waals surface area contributed by atoms with Gasteiger partial charge in [-0.05, 0) is 25.5 Å². The first-order valence-electron chi connectivity index (χ1n) is 4.44. The van der Waals surface area contributed by atoms with Crippen molar-refractivity contribution in [2.24, 2.45) is 0 Å². The van der Waals surface area contributed by atoms with Gasteiger partial charge in [-0.15, -0.1) is 11.3 Å². The maximum absolute atomic E-state index is 11.2. The predicted molar refractivity (Wildman–Crippen MR) is 57.8 cm³/mol. The van der Waals surface area contributed by atoms with Crippen molar-refractivity contribution < 1.29 is 9.90 Å². The minimum absolute atomic E-state index is 0.0956. The Morgan fingerprint density at radius 2 is 2.36 bits per heavy atom. The summed E-state index contributed by atoms with van der Waals surface area (Å²) in [6, 6.07) is 3.60. The van der Waals surface area contributed by atoms with Gasteiger partial charge in [-0.2, -0.15) is 0 Å². The van der Waals surface area contributed by atoms with Gasteiger partial charge < -0.3 is 10.4 Å². The summed E-state index contributed by atoms with van der Waals surface area (Å²) in [7, 11) is 0. The second kappa shape index (κ2) is 5.62. The summed E-state index contributed by atoms with van der Waals surface area (Å²) in [5.74, 6) is 0. The summed E-state index contributed by atoms with van der Waals surface area (Å²) < 4.78 is 0. The smallest absolute Gasteiger partial charge is 0.319 e. The number of urea groups is 1. The Morgan fingerprint density at radius 1 is 1.57 bits per heavy atom. The van der Waals surface area contributed by atoms with Crippen LogP contribution in [0.3, 0.4) is 0 Å². The maximum atomic E-state index is 11.2. The molecular weight excluding hydrogens is 200 g/mol. The van der Waals surface area contributed by atoms with Crippen LogP contribution in [0.1, 0.15) is 11.3 Å². The zero-order valence-electron chi connectivity index (χ0n) is 8.04. The summed E-state index contributed by atoms with van der Waals surface area (Å²) in [5.41, 5.74) is 0. The number of hydrogen-bond acceptors (Lipinski definition) is 3. The average Bonchev–Trinajstić information content (AvgIpc) is 2.52. The number of anilines is 1. The molecular formula is C9H14N2O2S. The molecule has 0 atom stereocenters. The highest BCUT2D eigenvalue weighted by molar-refractivity contribution is 7.16. The number of amides is 2. The van der Waals surface area contributed by atoms with E-state index in [0.717, 1.165) is 9.88 Å². The number of hydrogen-bond donors (Lipinski definition) is 3. The standard InChI is InChI=1S/C9H14N2O2S/c1-7-3-4-8(14-7)11-9(13)10-5-2-6-12/h3-4,12H,2,5-6H2,1H3,(H2,10,11,13). The van der Waals surface area contributed by atoms with Crippen molar-refractivity contribution in [1.82, 2.24) is 5.32 Å². The van der Waals surface area contributed by atoms with Crippen LogP contribution in [0.5, 0.6) is 0 Å². The normalized spacial score (nSPS) is 9.86. The predicted octanol–water partition coefficient (Wildman–Crippen LogP) is 1.56. The van der Waals surface area contributed by atoms with Gasteiger partial charge >= 0.3 is 6.03 Å². The fourth-order valence-electron chi connectivity index (χ4n) is 0.939. The van der Waals surface area contributed by atoms with Crippen LogP contribution in [0.25, 0.3) is 0 Å². The SMILES string of the molecule is Cc1ccc(NC(=O)NCCCO)s1. The van der Waals surface area contributed by atoms with Crippen LogP contribution >= 0.6 is 11.3 Å². The topological polar surface area (TPSA) is 61.4 Å². The van der Waals surface area contributed by atoms with E-state index in [-0.39, 0.29) is 12.6 Å². The first-order valence-corrected chi connectivity index (χ1v) is 5.26. The largest absolute Gasteiger partial charge is 0.396 e. The highest BCUT2D eigenvalue weighted by atomic mass is 32.1. The summed E-state index contributed by atoms with van der Waals surface area (Å²) in [5, 5.41) is 14.7. The Morgan fingerprint density at radius 3 is 2.93 bits per heavy atom. The fourth-order valence-corrected chi connectivity index (χ4v) is 1.70. The number of carbonyl (C=O) groups excluding carboxylic acids is 1. The molecule has 2 amide bonds. The van der Waals surface area contributed by atoms with Gasteiger partial charge in [-0.3, -0.25) is 5.32 Å². The lowest BCUT2D eigenvalue weighted by molar-refractivity contribution is 0.249. The lowest BCUT2D eigenvalue weighted by Crippen LogP contribution is -2.29. The Balaban J connectivity index is 2.27. The molecule has 0 saturated carbocycles. The van der Waals surface area contributed by atoms with E-state index in [1.807, 2.05) is 19.1 Å². The highest BCUT2D eigenvalue weighted by Gasteiger charge is 2.01. The van der Waals surface area contributed by atoms with Crippen molar-refractivity contribution >= 4 is 22.4 Å². The number of rotatable bonds is 4. The summed E-state index contributed by atoms with van der Waals surface area (Å²) in [6.45, 7) is 2.57. The zero-order valence-corrected chi connectivity index (χ0v) is 8.86. The zero-order chi connectivity index (χ0) is 10.4. The third-order valence-corrected chi connectivity index (χ3v) is 2.51. The van der Waals surface area contributed by atoms with Gasteiger partial charge in [0, 0.05) is 18.0 Å². The second-order valence-corrected chi connectivity index (χ2v) is 4.16. The molecule has 1 aromatic heterocycles. The molecule has 1 heterocycles. The lowest BCUT2D eigenvalue weighted by atomic mass is 10.4. The van der Waals surface area contributed by atoms with E-state index in [9.17, 15) is 4.79 Å². The molecule has 5 heteroatoms. The van der Waals surface area contributed by atoms with Crippen molar-refractivity contribution in [1.29, 1.82) is 0 Å². The number of aliphatic hydroxyl groups is 1. The maximum Gasteiger partial charge on any atom is 0.319 e. The highest BCUT2D eigenvalue weighted by Crippen LogP contribution is 2.20. The Kier molecular flexibility index (Phi) is 4.42. The van der Waals surface area contributed by atoms with Crippen molar-refractivity contribution in [3.05, 3.63) is 17.0 Å². The van der Waals surface area contributed by atoms with Gasteiger partial charge in [-0.1, -0.05) is 0 Å². The summed E-state index contributed by atoms with van der Waals surface area (Å²) in [6.07, 6.45) is 0.580. The minimum Gasteiger partial charge on any atom is -0.396 e. The van der Waals surface area contributed by atoms with Gasteiger partial charge in [0.15, 0.2) is 0 Å². The van der Waals surface area contributed by atoms with E-state index in [4.69, 9.17) is 5.11 Å². The average molecular weight is 214 g/mol. The number of thiophene rings is 1. The molecule has 1 rings (SSSR count). The Bertz CT molecular complexity index is 299. The molecule has 3 N–H and O–H groups in total. The van der Waals surface area contributed by atoms with Crippen LogP contribution in [0, 0.1) is 6.92 Å². The Labute approximate surface area is 87.0 Å². The third-order valence-electron chi connectivity index (χ3n) is 1.60. The van der Waals surface area contributed by atoms with Crippen LogP contribution in [0.15, 0.2) is 12.1 Å². The van der Waals surface area contributed by atoms with E-state index in [1.54, 1.807) is 0 Å². The van der Waals surface area contributed by atoms with E-state index in [1.165, 1.54) is 11.3 Å². The van der Waals surface area contributed by atoms with E-state index < -0.39 is 0 Å². The molecule has 0 aromatic carbocycles. The van der Waals surface area contributed by atoms with Crippen molar-refractivity contribution in [2.75, 3.05) is 18.5 Å². The number of aryl methyl sites for hydroxylation is 1. The number of nitrogens with one attached hydrogen (secondary N) is 2. The summed E-state index contributed by atoms with van der Waals surface area (Å²) >= 11 is 1.53. The van der Waals surface area contributed by atoms with Gasteiger partial charge in [0.25, 0.3) is 0 Å². The molecule has 0 aliphatic heterocycles. The molecule has 0 aliphatic rings. The van der Waals surface area contributed by atoms with Crippen molar-refractivity contribution in [3.8, 4) is 0 Å². The molecule has 14 heavy (non-hydrogen) atoms. The van der Waals surface area contributed by atoms with Gasteiger partial charge in [0.05, 0.1) is 5.00 Å². The summed E-state index contributed by atoms with van der Waals surface area (Å²) in [4.78, 5) is 12.4. The molecule has 78 valence electrons. The number of aliphatic hydroxyl groups excluding tert-OH is 1. The first kappa shape index (κ1) is 11.0. The van der Waals surface area contributed by atoms with Gasteiger partial charge in [0.1, 0.15) is 0 Å². The second-order valence-electron chi connectivity index (χ2n) is 2.87. The van der Waals surface area contributed by atoms with Crippen LogP contribution in [0.2, 0.25) is 0 Å². The lowest BCUT2D eigenvalue weighted by Gasteiger charge is -2.03. The molecule has 0 fully saturated rings. The van der Waals surface area contributed by atoms with E-state index in [2.05, 4.69) is 10.6 Å². The van der Waals surface area contributed by atoms with E-state index >= 15 is 0 Å². The molecule has 0 radical (unpaired) electrons. The molecule has 4 nitrogen and oxygen atoms in total. The van der Waals surface area contributed by atoms with E-state index in [0.29, 0.717) is 13.0 Å². The molecule has 0 saturated heterocycles. The van der Waals surface area contributed by atoms with Crippen molar-refractivity contribution in [2.45, 2.75) is 13.3 Å². The van der Waals surface area contributed by atoms with Crippen LogP contribution in [0.4, 0.5) is 9.80 Å². The van der Waals surface area contributed by atoms with Gasteiger partial charge in [0.2, 0.25) is 0 Å². The molecule has 0 unspecified atom stereocenters. The molecule has 0 aliphatic carbocycles. The fraction of sp³-hybridized carbons (Fsp3) is 0.444. The third kappa shape index (κ3) is 3.76. The van der Waals surface area contributed by atoms with Gasteiger partial charge in [-0.25, -0.2) is 4.79 Å².